The zero-order valence-corrected chi connectivity index (χ0v) is 17.0. The molecule has 30 heavy (non-hydrogen) atoms. The fourth-order valence-electron chi connectivity index (χ4n) is 4.16. The Bertz CT molecular complexity index is 993. The molecule has 0 atom stereocenters. The van der Waals surface area contributed by atoms with Crippen molar-refractivity contribution < 1.29 is 9.53 Å². The van der Waals surface area contributed by atoms with Gasteiger partial charge in [0.1, 0.15) is 11.4 Å². The number of aliphatic imine (C=N–C) groups is 2. The zero-order chi connectivity index (χ0) is 21.1. The number of nitrogens with zero attached hydrogens (tertiary/aromatic N) is 3. The highest BCUT2D eigenvalue weighted by atomic mass is 16.5. The maximum Gasteiger partial charge on any atom is 0.255 e. The maximum atomic E-state index is 12.7. The van der Waals surface area contributed by atoms with E-state index in [0.717, 1.165) is 31.4 Å². The first-order valence-corrected chi connectivity index (χ1v) is 10.1. The fraction of sp³-hybridized carbons (Fsp3) is 0.318. The summed E-state index contributed by atoms with van der Waals surface area (Å²) in [7, 11) is 1.59. The van der Waals surface area contributed by atoms with Crippen molar-refractivity contribution in [3.05, 3.63) is 54.1 Å². The number of guanidine groups is 2. The SMILES string of the molecule is COc1cccc(NC(=O)c2ccc(N3C(N)=NC(N)=NC34CCCCC4)cc2)c1. The fourth-order valence-corrected chi connectivity index (χ4v) is 4.16. The number of nitrogens with two attached hydrogens (primary N) is 2. The Labute approximate surface area is 175 Å². The summed E-state index contributed by atoms with van der Waals surface area (Å²) in [5, 5.41) is 2.88. The minimum Gasteiger partial charge on any atom is -0.497 e. The number of benzene rings is 2. The van der Waals surface area contributed by atoms with Gasteiger partial charge in [-0.05, 0) is 62.1 Å². The molecule has 156 valence electrons. The first-order valence-electron chi connectivity index (χ1n) is 10.1. The second kappa shape index (κ2) is 8.06. The van der Waals surface area contributed by atoms with E-state index in [-0.39, 0.29) is 11.9 Å². The maximum absolute atomic E-state index is 12.7. The monoisotopic (exact) mass is 406 g/mol. The van der Waals surface area contributed by atoms with Gasteiger partial charge in [-0.1, -0.05) is 12.5 Å². The smallest absolute Gasteiger partial charge is 0.255 e. The summed E-state index contributed by atoms with van der Waals surface area (Å²) in [4.78, 5) is 23.5. The number of nitrogens with one attached hydrogen (secondary N) is 1. The van der Waals surface area contributed by atoms with Crippen LogP contribution in [0, 0.1) is 0 Å². The largest absolute Gasteiger partial charge is 0.497 e. The van der Waals surface area contributed by atoms with Crippen LogP contribution in [-0.4, -0.2) is 30.6 Å². The van der Waals surface area contributed by atoms with Gasteiger partial charge in [0.15, 0.2) is 0 Å². The van der Waals surface area contributed by atoms with Gasteiger partial charge in [0.25, 0.3) is 5.91 Å². The van der Waals surface area contributed by atoms with E-state index in [2.05, 4.69) is 15.3 Å². The summed E-state index contributed by atoms with van der Waals surface area (Å²) in [6, 6.07) is 14.5. The number of ether oxygens (including phenoxy) is 1. The number of carbonyl (C=O) groups is 1. The van der Waals surface area contributed by atoms with Crippen molar-refractivity contribution in [2.45, 2.75) is 37.8 Å². The van der Waals surface area contributed by atoms with E-state index in [1.807, 2.05) is 35.2 Å². The van der Waals surface area contributed by atoms with E-state index in [0.29, 0.717) is 23.0 Å². The molecule has 2 aromatic rings. The molecule has 0 saturated heterocycles. The molecule has 1 heterocycles. The molecular weight excluding hydrogens is 380 g/mol. The Balaban J connectivity index is 1.56. The van der Waals surface area contributed by atoms with Gasteiger partial charge in [0.2, 0.25) is 11.9 Å². The molecule has 4 rings (SSSR count). The van der Waals surface area contributed by atoms with Gasteiger partial charge < -0.3 is 21.5 Å². The van der Waals surface area contributed by atoms with Crippen molar-refractivity contribution in [1.29, 1.82) is 0 Å². The van der Waals surface area contributed by atoms with Gasteiger partial charge in [-0.2, -0.15) is 4.99 Å². The Morgan fingerprint density at radius 3 is 2.53 bits per heavy atom. The molecule has 8 nitrogen and oxygen atoms in total. The van der Waals surface area contributed by atoms with Crippen molar-refractivity contribution in [2.75, 3.05) is 17.3 Å². The lowest BCUT2D eigenvalue weighted by molar-refractivity contribution is 0.102. The number of rotatable bonds is 4. The van der Waals surface area contributed by atoms with Gasteiger partial charge in [-0.25, -0.2) is 4.99 Å². The van der Waals surface area contributed by atoms with Crippen LogP contribution in [0.1, 0.15) is 42.5 Å². The molecule has 1 spiro atoms. The van der Waals surface area contributed by atoms with Crippen LogP contribution in [0.4, 0.5) is 11.4 Å². The number of amides is 1. The summed E-state index contributed by atoms with van der Waals surface area (Å²) in [6.45, 7) is 0. The highest BCUT2D eigenvalue weighted by Crippen LogP contribution is 2.39. The van der Waals surface area contributed by atoms with E-state index >= 15 is 0 Å². The second-order valence-electron chi connectivity index (χ2n) is 7.55. The summed E-state index contributed by atoms with van der Waals surface area (Å²) < 4.78 is 5.20. The minimum absolute atomic E-state index is 0.204. The molecule has 5 N–H and O–H groups in total. The van der Waals surface area contributed by atoms with Gasteiger partial charge in [0, 0.05) is 23.0 Å². The van der Waals surface area contributed by atoms with Gasteiger partial charge in [0.05, 0.1) is 7.11 Å². The second-order valence-corrected chi connectivity index (χ2v) is 7.55. The van der Waals surface area contributed by atoms with E-state index in [1.165, 1.54) is 6.42 Å². The van der Waals surface area contributed by atoms with E-state index in [4.69, 9.17) is 16.2 Å². The summed E-state index contributed by atoms with van der Waals surface area (Å²) in [5.41, 5.74) is 13.7. The van der Waals surface area contributed by atoms with Crippen molar-refractivity contribution in [3.8, 4) is 5.75 Å². The molecule has 1 amide bonds. The average Bonchev–Trinajstić information content (AvgIpc) is 2.74. The number of methoxy groups -OCH3 is 1. The predicted molar refractivity (Wildman–Crippen MR) is 119 cm³/mol. The van der Waals surface area contributed by atoms with Crippen molar-refractivity contribution >= 4 is 29.2 Å². The molecule has 0 radical (unpaired) electrons. The van der Waals surface area contributed by atoms with Gasteiger partial charge >= 0.3 is 0 Å². The van der Waals surface area contributed by atoms with Gasteiger partial charge in [-0.15, -0.1) is 0 Å². The molecule has 1 aliphatic carbocycles. The van der Waals surface area contributed by atoms with E-state index in [9.17, 15) is 4.79 Å². The Kier molecular flexibility index (Phi) is 5.31. The standard InChI is InChI=1S/C22H26N6O2/c1-30-18-7-5-6-16(14-18)25-19(29)15-8-10-17(11-9-15)28-21(24)26-20(23)27-22(28)12-3-2-4-13-22/h5-11,14H,2-4,12-13H2,1H3,(H,25,29)(H4,23,24,26,27). The summed E-state index contributed by atoms with van der Waals surface area (Å²) in [5.74, 6) is 1.03. The first kappa shape index (κ1) is 19.8. The Morgan fingerprint density at radius 1 is 1.10 bits per heavy atom. The third-order valence-electron chi connectivity index (χ3n) is 5.57. The topological polar surface area (TPSA) is 118 Å². The van der Waals surface area contributed by atoms with Gasteiger partial charge in [-0.3, -0.25) is 9.69 Å². The van der Waals surface area contributed by atoms with Crippen LogP contribution < -0.4 is 26.4 Å². The van der Waals surface area contributed by atoms with Crippen LogP contribution >= 0.6 is 0 Å². The molecular formula is C22H26N6O2. The quantitative estimate of drug-likeness (QED) is 0.721. The van der Waals surface area contributed by atoms with Crippen LogP contribution in [0.5, 0.6) is 5.75 Å². The third kappa shape index (κ3) is 3.80. The molecule has 2 aliphatic rings. The van der Waals surface area contributed by atoms with Crippen molar-refractivity contribution in [2.24, 2.45) is 21.5 Å². The molecule has 0 bridgehead atoms. The molecule has 2 aromatic carbocycles. The highest BCUT2D eigenvalue weighted by molar-refractivity contribution is 6.07. The molecule has 0 unspecified atom stereocenters. The summed E-state index contributed by atoms with van der Waals surface area (Å²) >= 11 is 0. The first-order chi connectivity index (χ1) is 14.5. The normalized spacial score (nSPS) is 17.8. The zero-order valence-electron chi connectivity index (χ0n) is 17.0. The number of hydrogen-bond donors (Lipinski definition) is 3. The van der Waals surface area contributed by atoms with Crippen LogP contribution in [0.2, 0.25) is 0 Å². The minimum atomic E-state index is -0.501. The molecule has 1 saturated carbocycles. The molecule has 0 aromatic heterocycles. The predicted octanol–water partition coefficient (Wildman–Crippen LogP) is 3.06. The Hall–Kier alpha value is -3.55. The average molecular weight is 406 g/mol. The Morgan fingerprint density at radius 2 is 1.83 bits per heavy atom. The molecule has 1 fully saturated rings. The van der Waals surface area contributed by atoms with Crippen LogP contribution in [0.25, 0.3) is 0 Å². The lowest BCUT2D eigenvalue weighted by Crippen LogP contribution is -2.58. The van der Waals surface area contributed by atoms with Crippen molar-refractivity contribution in [1.82, 2.24) is 0 Å². The van der Waals surface area contributed by atoms with E-state index in [1.54, 1.807) is 25.3 Å². The third-order valence-corrected chi connectivity index (χ3v) is 5.57. The highest BCUT2D eigenvalue weighted by Gasteiger charge is 2.42. The van der Waals surface area contributed by atoms with Crippen LogP contribution in [0.3, 0.4) is 0 Å². The summed E-state index contributed by atoms with van der Waals surface area (Å²) in [6.07, 6.45) is 5.01. The number of carbonyl (C=O) groups excluding carboxylic acids is 1. The van der Waals surface area contributed by atoms with E-state index < -0.39 is 5.66 Å². The van der Waals surface area contributed by atoms with Crippen LogP contribution in [-0.2, 0) is 0 Å². The number of anilines is 2. The lowest BCUT2D eigenvalue weighted by Gasteiger charge is -2.45. The number of hydrogen-bond acceptors (Lipinski definition) is 7. The van der Waals surface area contributed by atoms with Crippen molar-refractivity contribution in [3.63, 3.8) is 0 Å². The molecule has 1 aliphatic heterocycles. The van der Waals surface area contributed by atoms with Crippen LogP contribution in [0.15, 0.2) is 58.5 Å². The lowest BCUT2D eigenvalue weighted by atomic mass is 9.87. The molecule has 8 heteroatoms.